The number of benzene rings is 2. The van der Waals surface area contributed by atoms with Gasteiger partial charge in [0.15, 0.2) is 23.0 Å². The van der Waals surface area contributed by atoms with Crippen LogP contribution >= 0.6 is 0 Å². The molecule has 1 atom stereocenters. The maximum absolute atomic E-state index is 12.6. The Morgan fingerprint density at radius 1 is 1.16 bits per heavy atom. The number of hydrogen-bond acceptors (Lipinski definition) is 5. The van der Waals surface area contributed by atoms with Crippen molar-refractivity contribution < 1.29 is 27.7 Å². The molecule has 25 heavy (non-hydrogen) atoms. The summed E-state index contributed by atoms with van der Waals surface area (Å²) < 4.78 is 46.5. The first-order chi connectivity index (χ1) is 12.2. The van der Waals surface area contributed by atoms with Crippen molar-refractivity contribution in [3.05, 3.63) is 48.0 Å². The van der Waals surface area contributed by atoms with Crippen molar-refractivity contribution in [2.45, 2.75) is 19.3 Å². The number of fused-ring (bicyclic) bond motifs is 1. The van der Waals surface area contributed by atoms with Gasteiger partial charge in [-0.05, 0) is 18.2 Å². The molecule has 2 aromatic rings. The maximum Gasteiger partial charge on any atom is 0.387 e. The van der Waals surface area contributed by atoms with Crippen LogP contribution in [-0.4, -0.2) is 33.0 Å². The fourth-order valence-electron chi connectivity index (χ4n) is 2.62. The summed E-state index contributed by atoms with van der Waals surface area (Å²) in [6.45, 7) is -1.66. The minimum atomic E-state index is -2.92. The molecule has 5 nitrogen and oxygen atoms in total. The minimum absolute atomic E-state index is 0.0404. The van der Waals surface area contributed by atoms with Crippen LogP contribution < -0.4 is 24.3 Å². The van der Waals surface area contributed by atoms with Gasteiger partial charge in [0.25, 0.3) is 0 Å². The quantitative estimate of drug-likeness (QED) is 0.830. The van der Waals surface area contributed by atoms with Crippen molar-refractivity contribution in [2.24, 2.45) is 0 Å². The third-order valence-electron chi connectivity index (χ3n) is 3.74. The van der Waals surface area contributed by atoms with Crippen molar-refractivity contribution in [2.75, 3.05) is 20.3 Å². The molecule has 2 aromatic carbocycles. The molecule has 1 heterocycles. The zero-order chi connectivity index (χ0) is 17.6. The number of halogens is 2. The van der Waals surface area contributed by atoms with Gasteiger partial charge in [-0.1, -0.05) is 24.3 Å². The fraction of sp³-hybridized carbons (Fsp3) is 0.333. The third kappa shape index (κ3) is 4.30. The fourth-order valence-corrected chi connectivity index (χ4v) is 2.62. The van der Waals surface area contributed by atoms with E-state index in [2.05, 4.69) is 10.1 Å². The molecule has 0 spiro atoms. The summed E-state index contributed by atoms with van der Waals surface area (Å²) in [5.41, 5.74) is 0.580. The smallest absolute Gasteiger partial charge is 0.387 e. The van der Waals surface area contributed by atoms with Gasteiger partial charge in [0.05, 0.1) is 7.11 Å². The highest BCUT2D eigenvalue weighted by molar-refractivity contribution is 5.46. The second-order valence-corrected chi connectivity index (χ2v) is 5.46. The summed E-state index contributed by atoms with van der Waals surface area (Å²) >= 11 is 0. The van der Waals surface area contributed by atoms with Gasteiger partial charge in [0, 0.05) is 18.7 Å². The average molecular weight is 351 g/mol. The van der Waals surface area contributed by atoms with Gasteiger partial charge in [-0.2, -0.15) is 8.78 Å². The average Bonchev–Trinajstić information content (AvgIpc) is 2.62. The van der Waals surface area contributed by atoms with Crippen molar-refractivity contribution in [1.82, 2.24) is 5.32 Å². The molecule has 0 amide bonds. The number of methoxy groups -OCH3 is 1. The monoisotopic (exact) mass is 351 g/mol. The summed E-state index contributed by atoms with van der Waals surface area (Å²) in [7, 11) is 1.41. The Morgan fingerprint density at radius 2 is 1.96 bits per heavy atom. The van der Waals surface area contributed by atoms with Crippen LogP contribution in [0.3, 0.4) is 0 Å². The van der Waals surface area contributed by atoms with Crippen LogP contribution in [0.1, 0.15) is 5.56 Å². The standard InChI is InChI=1S/C18H19F2NO4/c1-22-16-8-4-5-12(17(16)25-18(19)20)9-21-10-13-11-23-14-6-2-3-7-15(14)24-13/h2-8,13,18,21H,9-11H2,1H3. The van der Waals surface area contributed by atoms with Gasteiger partial charge in [0.1, 0.15) is 12.7 Å². The maximum atomic E-state index is 12.6. The SMILES string of the molecule is COc1cccc(CNCC2COc3ccccc3O2)c1OC(F)F. The lowest BCUT2D eigenvalue weighted by atomic mass is 10.1. The molecule has 134 valence electrons. The van der Waals surface area contributed by atoms with E-state index in [1.807, 2.05) is 24.3 Å². The van der Waals surface area contributed by atoms with Crippen LogP contribution in [0, 0.1) is 0 Å². The molecule has 1 aliphatic heterocycles. The topological polar surface area (TPSA) is 49.0 Å². The van der Waals surface area contributed by atoms with Crippen LogP contribution in [0.25, 0.3) is 0 Å². The Bertz CT molecular complexity index is 711. The van der Waals surface area contributed by atoms with Crippen LogP contribution in [-0.2, 0) is 6.54 Å². The number of nitrogens with one attached hydrogen (secondary N) is 1. The van der Waals surface area contributed by atoms with E-state index < -0.39 is 6.61 Å². The highest BCUT2D eigenvalue weighted by atomic mass is 19.3. The summed E-state index contributed by atoms with van der Waals surface area (Å²) in [4.78, 5) is 0. The zero-order valence-electron chi connectivity index (χ0n) is 13.7. The third-order valence-corrected chi connectivity index (χ3v) is 3.74. The van der Waals surface area contributed by atoms with Gasteiger partial charge in [0.2, 0.25) is 0 Å². The van der Waals surface area contributed by atoms with Crippen LogP contribution in [0.5, 0.6) is 23.0 Å². The summed E-state index contributed by atoms with van der Waals surface area (Å²) in [6.07, 6.45) is -0.167. The molecule has 0 fully saturated rings. The van der Waals surface area contributed by atoms with Crippen LogP contribution in [0.15, 0.2) is 42.5 Å². The molecule has 0 saturated heterocycles. The van der Waals surface area contributed by atoms with E-state index in [4.69, 9.17) is 14.2 Å². The van der Waals surface area contributed by atoms with E-state index >= 15 is 0 Å². The number of hydrogen-bond donors (Lipinski definition) is 1. The minimum Gasteiger partial charge on any atom is -0.493 e. The Labute approximate surface area is 144 Å². The lowest BCUT2D eigenvalue weighted by Gasteiger charge is -2.26. The summed E-state index contributed by atoms with van der Waals surface area (Å²) in [5, 5.41) is 3.18. The number of rotatable bonds is 7. The molecule has 0 aromatic heterocycles. The van der Waals surface area contributed by atoms with Crippen molar-refractivity contribution in [3.8, 4) is 23.0 Å². The van der Waals surface area contributed by atoms with Crippen LogP contribution in [0.2, 0.25) is 0 Å². The van der Waals surface area contributed by atoms with Gasteiger partial charge in [-0.25, -0.2) is 0 Å². The summed E-state index contributed by atoms with van der Waals surface area (Å²) in [5.74, 6) is 1.73. The second kappa shape index (κ2) is 8.02. The van der Waals surface area contributed by atoms with Crippen LogP contribution in [0.4, 0.5) is 8.78 Å². The first kappa shape index (κ1) is 17.3. The normalized spacial score (nSPS) is 15.9. The van der Waals surface area contributed by atoms with E-state index in [1.165, 1.54) is 7.11 Å². The largest absolute Gasteiger partial charge is 0.493 e. The molecule has 1 unspecified atom stereocenters. The molecule has 0 bridgehead atoms. The lowest BCUT2D eigenvalue weighted by Crippen LogP contribution is -2.38. The Kier molecular flexibility index (Phi) is 5.55. The lowest BCUT2D eigenvalue weighted by molar-refractivity contribution is -0.0519. The Hall–Kier alpha value is -2.54. The molecule has 1 aliphatic rings. The van der Waals surface area contributed by atoms with E-state index in [9.17, 15) is 8.78 Å². The van der Waals surface area contributed by atoms with E-state index in [-0.39, 0.29) is 17.6 Å². The molecule has 0 aliphatic carbocycles. The second-order valence-electron chi connectivity index (χ2n) is 5.46. The Balaban J connectivity index is 1.59. The molecule has 7 heteroatoms. The molecular weight excluding hydrogens is 332 g/mol. The van der Waals surface area contributed by atoms with E-state index in [1.54, 1.807) is 18.2 Å². The van der Waals surface area contributed by atoms with Crippen molar-refractivity contribution in [3.63, 3.8) is 0 Å². The van der Waals surface area contributed by atoms with Crippen molar-refractivity contribution in [1.29, 1.82) is 0 Å². The highest BCUT2D eigenvalue weighted by Crippen LogP contribution is 2.33. The van der Waals surface area contributed by atoms with E-state index in [0.29, 0.717) is 31.0 Å². The summed E-state index contributed by atoms with van der Waals surface area (Å²) in [6, 6.07) is 12.5. The van der Waals surface area contributed by atoms with Gasteiger partial charge in [-0.3, -0.25) is 0 Å². The predicted octanol–water partition coefficient (Wildman–Crippen LogP) is 3.23. The van der Waals surface area contributed by atoms with Gasteiger partial charge < -0.3 is 24.3 Å². The van der Waals surface area contributed by atoms with E-state index in [0.717, 1.165) is 5.75 Å². The van der Waals surface area contributed by atoms with Gasteiger partial charge >= 0.3 is 6.61 Å². The molecule has 1 N–H and O–H groups in total. The molecule has 0 saturated carbocycles. The molecule has 0 radical (unpaired) electrons. The molecule has 3 rings (SSSR count). The zero-order valence-corrected chi connectivity index (χ0v) is 13.7. The van der Waals surface area contributed by atoms with Gasteiger partial charge in [-0.15, -0.1) is 0 Å². The highest BCUT2D eigenvalue weighted by Gasteiger charge is 2.21. The first-order valence-corrected chi connectivity index (χ1v) is 7.87. The number of alkyl halides is 2. The predicted molar refractivity (Wildman–Crippen MR) is 87.7 cm³/mol. The first-order valence-electron chi connectivity index (χ1n) is 7.87. The number of ether oxygens (including phenoxy) is 4. The Morgan fingerprint density at radius 3 is 2.72 bits per heavy atom. The number of para-hydroxylation sites is 3. The van der Waals surface area contributed by atoms with Crippen molar-refractivity contribution >= 4 is 0 Å². The molecular formula is C18H19F2NO4.